The molecule has 2 unspecified atom stereocenters. The van der Waals surface area contributed by atoms with Crippen LogP contribution < -0.4 is 5.73 Å². The van der Waals surface area contributed by atoms with E-state index >= 15 is 0 Å². The minimum Gasteiger partial charge on any atom is -0.366 e. The van der Waals surface area contributed by atoms with E-state index in [0.717, 1.165) is 24.7 Å². The molecule has 1 aromatic carbocycles. The Morgan fingerprint density at radius 2 is 2.27 bits per heavy atom. The number of carbonyl (C=O) groups is 1. The maximum Gasteiger partial charge on any atom is 0.251 e. The molecule has 3 aromatic rings. The van der Waals surface area contributed by atoms with E-state index in [1.165, 1.54) is 43.5 Å². The van der Waals surface area contributed by atoms with Gasteiger partial charge in [0.1, 0.15) is 11.3 Å². The number of imidazole rings is 1. The van der Waals surface area contributed by atoms with Gasteiger partial charge in [0.2, 0.25) is 0 Å². The van der Waals surface area contributed by atoms with Crippen molar-refractivity contribution >= 4 is 22.6 Å². The largest absolute Gasteiger partial charge is 0.366 e. The highest BCUT2D eigenvalue weighted by Gasteiger charge is 2.62. The number of carbonyl (C=O) groups excluding carboxylic acids is 1. The predicted octanol–water partition coefficient (Wildman–Crippen LogP) is 2.04. The van der Waals surface area contributed by atoms with Crippen molar-refractivity contribution in [3.05, 3.63) is 35.3 Å². The molecule has 2 atom stereocenters. The van der Waals surface area contributed by atoms with Gasteiger partial charge < -0.3 is 10.6 Å². The van der Waals surface area contributed by atoms with Crippen LogP contribution in [0, 0.1) is 17.7 Å². The molecule has 1 amide bonds. The Morgan fingerprint density at radius 1 is 1.42 bits per heavy atom. The lowest BCUT2D eigenvalue weighted by Gasteiger charge is -2.19. The number of hydrogen-bond donors (Lipinski definition) is 2. The van der Waals surface area contributed by atoms with Crippen molar-refractivity contribution < 1.29 is 9.18 Å². The fourth-order valence-electron chi connectivity index (χ4n) is 5.04. The molecule has 26 heavy (non-hydrogen) atoms. The van der Waals surface area contributed by atoms with Gasteiger partial charge in [-0.15, -0.1) is 0 Å². The third kappa shape index (κ3) is 1.89. The van der Waals surface area contributed by atoms with Crippen LogP contribution in [0.25, 0.3) is 16.7 Å². The summed E-state index contributed by atoms with van der Waals surface area (Å²) in [6, 6.07) is 2.55. The molecule has 134 valence electrons. The lowest BCUT2D eigenvalue weighted by molar-refractivity contribution is 0.100. The summed E-state index contributed by atoms with van der Waals surface area (Å²) in [6.45, 7) is 3.45. The Bertz CT molecular complexity index is 1080. The van der Waals surface area contributed by atoms with E-state index < -0.39 is 11.7 Å². The molecule has 1 saturated heterocycles. The molecule has 3 heterocycles. The highest BCUT2D eigenvalue weighted by Crippen LogP contribution is 2.60. The Labute approximate surface area is 149 Å². The summed E-state index contributed by atoms with van der Waals surface area (Å²) in [5, 5.41) is 3.23. The third-order valence-electron chi connectivity index (χ3n) is 6.53. The van der Waals surface area contributed by atoms with Crippen LogP contribution in [0.3, 0.4) is 0 Å². The van der Waals surface area contributed by atoms with Gasteiger partial charge in [0.15, 0.2) is 5.65 Å². The van der Waals surface area contributed by atoms with Gasteiger partial charge in [-0.1, -0.05) is 0 Å². The first kappa shape index (κ1) is 14.7. The lowest BCUT2D eigenvalue weighted by Crippen LogP contribution is -2.28. The summed E-state index contributed by atoms with van der Waals surface area (Å²) < 4.78 is 15.7. The molecule has 0 radical (unpaired) electrons. The number of benzene rings is 1. The second kappa shape index (κ2) is 4.65. The molecular formula is C19H20FN5O. The van der Waals surface area contributed by atoms with Crippen LogP contribution in [0.1, 0.15) is 35.2 Å². The molecular weight excluding hydrogens is 333 g/mol. The van der Waals surface area contributed by atoms with Crippen molar-refractivity contribution in [1.29, 1.82) is 0 Å². The van der Waals surface area contributed by atoms with Gasteiger partial charge in [0.05, 0.1) is 11.1 Å². The number of hydrogen-bond acceptors (Lipinski definition) is 3. The highest BCUT2D eigenvalue weighted by atomic mass is 19.1. The molecule has 0 bridgehead atoms. The number of rotatable bonds is 4. The van der Waals surface area contributed by atoms with E-state index in [0.29, 0.717) is 17.0 Å². The fraction of sp³-hybridized carbons (Fsp3) is 0.474. The van der Waals surface area contributed by atoms with Gasteiger partial charge in [-0.05, 0) is 37.2 Å². The summed E-state index contributed by atoms with van der Waals surface area (Å²) in [5.41, 5.74) is 8.79. The summed E-state index contributed by atoms with van der Waals surface area (Å²) >= 11 is 0. The molecule has 2 saturated carbocycles. The monoisotopic (exact) mass is 353 g/mol. The summed E-state index contributed by atoms with van der Waals surface area (Å²) in [7, 11) is 0. The maximum atomic E-state index is 13.9. The van der Waals surface area contributed by atoms with Crippen LogP contribution in [-0.4, -0.2) is 45.0 Å². The quantitative estimate of drug-likeness (QED) is 0.753. The van der Waals surface area contributed by atoms with E-state index in [1.807, 2.05) is 6.20 Å². The Kier molecular flexibility index (Phi) is 2.63. The van der Waals surface area contributed by atoms with E-state index in [4.69, 9.17) is 5.73 Å². The number of likely N-dealkylation sites (tertiary alicyclic amines) is 1. The Hall–Kier alpha value is -2.41. The molecule has 1 aliphatic heterocycles. The van der Waals surface area contributed by atoms with Crippen LogP contribution in [0.15, 0.2) is 18.3 Å². The van der Waals surface area contributed by atoms with Crippen molar-refractivity contribution in [2.24, 2.45) is 17.6 Å². The number of nitrogens with zero attached hydrogens (tertiary/aromatic N) is 3. The average Bonchev–Trinajstić information content (AvgIpc) is 3.39. The first-order chi connectivity index (χ1) is 12.5. The minimum atomic E-state index is -0.647. The van der Waals surface area contributed by atoms with Gasteiger partial charge in [-0.2, -0.15) is 0 Å². The minimum absolute atomic E-state index is 0.156. The number of halogens is 1. The normalized spacial score (nSPS) is 28.1. The van der Waals surface area contributed by atoms with E-state index in [-0.39, 0.29) is 11.0 Å². The SMILES string of the molecule is NC(=O)c1cc(F)cc2nc3c(C45CC4CN(CC4CC4)C5)c[nH]n3c12. The molecule has 3 aliphatic rings. The van der Waals surface area contributed by atoms with Crippen LogP contribution in [0.5, 0.6) is 0 Å². The number of fused-ring (bicyclic) bond motifs is 4. The van der Waals surface area contributed by atoms with Gasteiger partial charge in [0.25, 0.3) is 5.91 Å². The Morgan fingerprint density at radius 3 is 3.04 bits per heavy atom. The number of aromatic amines is 1. The van der Waals surface area contributed by atoms with Crippen LogP contribution in [-0.2, 0) is 5.41 Å². The number of amides is 1. The number of aromatic nitrogens is 3. The standard InChI is InChI=1S/C19H20FN5O/c20-12-3-13(17(21)26)16-15(4-12)23-18-14(6-22-25(16)18)19-5-11(19)8-24(9-19)7-10-1-2-10/h3-4,6,10-11,22H,1-2,5,7-9H2,(H2,21,26). The zero-order valence-corrected chi connectivity index (χ0v) is 14.3. The van der Waals surface area contributed by atoms with E-state index in [2.05, 4.69) is 15.0 Å². The van der Waals surface area contributed by atoms with E-state index in [1.54, 1.807) is 4.52 Å². The number of primary amides is 1. The second-order valence-electron chi connectivity index (χ2n) is 8.34. The number of piperidine rings is 1. The molecule has 2 aromatic heterocycles. The molecule has 7 heteroatoms. The third-order valence-corrected chi connectivity index (χ3v) is 6.53. The summed E-state index contributed by atoms with van der Waals surface area (Å²) in [5.74, 6) is 0.429. The number of nitrogens with two attached hydrogens (primary N) is 1. The van der Waals surface area contributed by atoms with E-state index in [9.17, 15) is 9.18 Å². The lowest BCUT2D eigenvalue weighted by atomic mass is 9.98. The molecule has 6 rings (SSSR count). The Balaban J connectivity index is 1.47. The summed E-state index contributed by atoms with van der Waals surface area (Å²) in [6.07, 6.45) is 5.93. The first-order valence-corrected chi connectivity index (χ1v) is 9.27. The van der Waals surface area contributed by atoms with Crippen molar-refractivity contribution in [3.8, 4) is 0 Å². The summed E-state index contributed by atoms with van der Waals surface area (Å²) in [4.78, 5) is 19.0. The average molecular weight is 353 g/mol. The first-order valence-electron chi connectivity index (χ1n) is 9.27. The molecule has 3 N–H and O–H groups in total. The topological polar surface area (TPSA) is 79.4 Å². The van der Waals surface area contributed by atoms with Crippen LogP contribution in [0.2, 0.25) is 0 Å². The fourth-order valence-corrected chi connectivity index (χ4v) is 5.04. The number of H-pyrrole nitrogens is 1. The molecule has 0 spiro atoms. The van der Waals surface area contributed by atoms with Gasteiger partial charge in [0, 0.05) is 42.9 Å². The van der Waals surface area contributed by atoms with Crippen molar-refractivity contribution in [1.82, 2.24) is 19.5 Å². The molecule has 6 nitrogen and oxygen atoms in total. The van der Waals surface area contributed by atoms with Crippen LogP contribution >= 0.6 is 0 Å². The highest BCUT2D eigenvalue weighted by molar-refractivity contribution is 6.05. The predicted molar refractivity (Wildman–Crippen MR) is 94.5 cm³/mol. The van der Waals surface area contributed by atoms with Crippen molar-refractivity contribution in [2.75, 3.05) is 19.6 Å². The van der Waals surface area contributed by atoms with Gasteiger partial charge in [-0.3, -0.25) is 9.89 Å². The number of nitrogens with one attached hydrogen (secondary N) is 1. The molecule has 3 fully saturated rings. The van der Waals surface area contributed by atoms with Gasteiger partial charge in [-0.25, -0.2) is 13.9 Å². The zero-order valence-electron chi connectivity index (χ0n) is 14.3. The van der Waals surface area contributed by atoms with Crippen LogP contribution in [0.4, 0.5) is 4.39 Å². The zero-order chi connectivity index (χ0) is 17.6. The smallest absolute Gasteiger partial charge is 0.251 e. The van der Waals surface area contributed by atoms with Crippen molar-refractivity contribution in [3.63, 3.8) is 0 Å². The van der Waals surface area contributed by atoms with Gasteiger partial charge >= 0.3 is 0 Å². The van der Waals surface area contributed by atoms with Crippen molar-refractivity contribution in [2.45, 2.75) is 24.7 Å². The second-order valence-corrected chi connectivity index (χ2v) is 8.34. The maximum absolute atomic E-state index is 13.9. The molecule has 2 aliphatic carbocycles.